The summed E-state index contributed by atoms with van der Waals surface area (Å²) in [6, 6.07) is 0. The average Bonchev–Trinajstić information content (AvgIpc) is 2.86. The fourth-order valence-corrected chi connectivity index (χ4v) is 5.20. The molecule has 5 nitrogen and oxygen atoms in total. The zero-order chi connectivity index (χ0) is 25.6. The Morgan fingerprint density at radius 1 is 0.686 bits per heavy atom. The molecule has 0 radical (unpaired) electrons. The molecule has 210 valence electrons. The molecule has 0 bridgehead atoms. The van der Waals surface area contributed by atoms with E-state index in [2.05, 4.69) is 13.8 Å². The average molecular weight is 501 g/mol. The molecule has 3 N–H and O–H groups in total. The van der Waals surface area contributed by atoms with Gasteiger partial charge in [0.15, 0.2) is 6.29 Å². The Hall–Kier alpha value is -0.200. The van der Waals surface area contributed by atoms with Gasteiger partial charge in [-0.1, -0.05) is 129 Å². The van der Waals surface area contributed by atoms with Crippen molar-refractivity contribution in [1.82, 2.24) is 0 Å². The number of unbranched alkanes of at least 4 members (excludes halogenated alkanes) is 16. The number of hydrogen-bond donors (Lipinski definition) is 3. The third kappa shape index (κ3) is 17.0. The minimum Gasteiger partial charge on any atom is -0.394 e. The van der Waals surface area contributed by atoms with E-state index >= 15 is 0 Å². The molecule has 5 atom stereocenters. The number of aliphatic hydroxyl groups is 3. The molecule has 5 unspecified atom stereocenters. The van der Waals surface area contributed by atoms with Crippen LogP contribution in [-0.2, 0) is 9.47 Å². The Balaban J connectivity index is 2.30. The second-order valence-corrected chi connectivity index (χ2v) is 11.0. The molecule has 5 heteroatoms. The second-order valence-electron chi connectivity index (χ2n) is 11.0. The van der Waals surface area contributed by atoms with Crippen LogP contribution in [0.25, 0.3) is 0 Å². The molecule has 0 aromatic rings. The molecule has 1 aliphatic rings. The van der Waals surface area contributed by atoms with Crippen LogP contribution in [0.4, 0.5) is 0 Å². The van der Waals surface area contributed by atoms with Gasteiger partial charge in [-0.25, -0.2) is 0 Å². The third-order valence-electron chi connectivity index (χ3n) is 7.64. The first-order valence-corrected chi connectivity index (χ1v) is 15.4. The summed E-state index contributed by atoms with van der Waals surface area (Å²) in [5, 5.41) is 29.8. The molecule has 0 aromatic carbocycles. The largest absolute Gasteiger partial charge is 0.394 e. The zero-order valence-corrected chi connectivity index (χ0v) is 23.3. The molecule has 1 heterocycles. The van der Waals surface area contributed by atoms with Gasteiger partial charge in [-0.3, -0.25) is 0 Å². The SMILES string of the molecule is CCCCCCCCCCCCC(CCCCCCCCCC)COC1OC(CO)CC(O)C1O. The summed E-state index contributed by atoms with van der Waals surface area (Å²) in [4.78, 5) is 0. The van der Waals surface area contributed by atoms with Crippen LogP contribution < -0.4 is 0 Å². The van der Waals surface area contributed by atoms with E-state index in [1.54, 1.807) is 0 Å². The van der Waals surface area contributed by atoms with Crippen LogP contribution >= 0.6 is 0 Å². The van der Waals surface area contributed by atoms with Gasteiger partial charge in [0.2, 0.25) is 0 Å². The maximum absolute atomic E-state index is 10.3. The van der Waals surface area contributed by atoms with E-state index in [1.165, 1.54) is 116 Å². The van der Waals surface area contributed by atoms with Gasteiger partial charge in [0, 0.05) is 6.42 Å². The first kappa shape index (κ1) is 32.8. The van der Waals surface area contributed by atoms with E-state index in [-0.39, 0.29) is 13.0 Å². The van der Waals surface area contributed by atoms with Crippen molar-refractivity contribution in [3.63, 3.8) is 0 Å². The van der Waals surface area contributed by atoms with Gasteiger partial charge in [-0.15, -0.1) is 0 Å². The summed E-state index contributed by atoms with van der Waals surface area (Å²) in [6.07, 6.45) is 23.3. The minimum absolute atomic E-state index is 0.163. The first-order valence-electron chi connectivity index (χ1n) is 15.4. The standard InChI is InChI=1S/C30H60O5/c1-3-5-7-9-11-13-14-16-18-20-22-26(21-19-17-15-12-10-8-6-4-2)25-34-30-29(33)28(32)23-27(24-31)35-30/h26-33H,3-25H2,1-2H3. The monoisotopic (exact) mass is 500 g/mol. The maximum atomic E-state index is 10.3. The number of aliphatic hydroxyl groups excluding tert-OH is 3. The topological polar surface area (TPSA) is 79.2 Å². The van der Waals surface area contributed by atoms with Crippen molar-refractivity contribution in [2.24, 2.45) is 5.92 Å². The summed E-state index contributed by atoms with van der Waals surface area (Å²) >= 11 is 0. The lowest BCUT2D eigenvalue weighted by molar-refractivity contribution is -0.274. The van der Waals surface area contributed by atoms with E-state index < -0.39 is 24.6 Å². The Morgan fingerprint density at radius 2 is 1.11 bits per heavy atom. The molecule has 35 heavy (non-hydrogen) atoms. The predicted molar refractivity (Wildman–Crippen MR) is 146 cm³/mol. The van der Waals surface area contributed by atoms with Crippen molar-refractivity contribution in [3.05, 3.63) is 0 Å². The summed E-state index contributed by atoms with van der Waals surface area (Å²) in [5.74, 6) is 0.464. The first-order chi connectivity index (χ1) is 17.1. The lowest BCUT2D eigenvalue weighted by Gasteiger charge is -2.36. The van der Waals surface area contributed by atoms with E-state index in [4.69, 9.17) is 9.47 Å². The lowest BCUT2D eigenvalue weighted by Crippen LogP contribution is -2.50. The fraction of sp³-hybridized carbons (Fsp3) is 1.00. The summed E-state index contributed by atoms with van der Waals surface area (Å²) in [6.45, 7) is 4.93. The highest BCUT2D eigenvalue weighted by Crippen LogP contribution is 2.25. The van der Waals surface area contributed by atoms with Gasteiger partial charge in [0.1, 0.15) is 6.10 Å². The van der Waals surface area contributed by atoms with E-state index in [1.807, 2.05) is 0 Å². The molecule has 0 aromatic heterocycles. The highest BCUT2D eigenvalue weighted by Gasteiger charge is 2.37. The Labute approximate surface area is 217 Å². The van der Waals surface area contributed by atoms with Crippen molar-refractivity contribution in [2.75, 3.05) is 13.2 Å². The Kier molecular flexibility index (Phi) is 21.5. The molecule has 0 amide bonds. The highest BCUT2D eigenvalue weighted by molar-refractivity contribution is 4.81. The van der Waals surface area contributed by atoms with Crippen molar-refractivity contribution in [2.45, 2.75) is 173 Å². The smallest absolute Gasteiger partial charge is 0.186 e. The summed E-state index contributed by atoms with van der Waals surface area (Å²) in [5.41, 5.74) is 0. The molecule has 1 aliphatic heterocycles. The van der Waals surface area contributed by atoms with Crippen LogP contribution in [0.15, 0.2) is 0 Å². The maximum Gasteiger partial charge on any atom is 0.186 e. The van der Waals surface area contributed by atoms with E-state index in [9.17, 15) is 15.3 Å². The van der Waals surface area contributed by atoms with Crippen LogP contribution in [0.3, 0.4) is 0 Å². The van der Waals surface area contributed by atoms with Gasteiger partial charge in [-0.05, 0) is 18.8 Å². The molecular weight excluding hydrogens is 440 g/mol. The van der Waals surface area contributed by atoms with Crippen LogP contribution in [0.5, 0.6) is 0 Å². The normalized spacial score (nSPS) is 23.6. The van der Waals surface area contributed by atoms with Crippen molar-refractivity contribution in [1.29, 1.82) is 0 Å². The van der Waals surface area contributed by atoms with Gasteiger partial charge in [-0.2, -0.15) is 0 Å². The molecule has 0 saturated carbocycles. The Morgan fingerprint density at radius 3 is 1.54 bits per heavy atom. The predicted octanol–water partition coefficient (Wildman–Crippen LogP) is 7.29. The van der Waals surface area contributed by atoms with Crippen molar-refractivity contribution < 1.29 is 24.8 Å². The highest BCUT2D eigenvalue weighted by atomic mass is 16.7. The lowest BCUT2D eigenvalue weighted by atomic mass is 9.94. The number of ether oxygens (including phenoxy) is 2. The fourth-order valence-electron chi connectivity index (χ4n) is 5.20. The van der Waals surface area contributed by atoms with Gasteiger partial charge >= 0.3 is 0 Å². The van der Waals surface area contributed by atoms with Crippen molar-refractivity contribution >= 4 is 0 Å². The van der Waals surface area contributed by atoms with Gasteiger partial charge < -0.3 is 24.8 Å². The Bertz CT molecular complexity index is 446. The van der Waals surface area contributed by atoms with E-state index in [0.29, 0.717) is 12.5 Å². The quantitative estimate of drug-likeness (QED) is 0.121. The van der Waals surface area contributed by atoms with Crippen LogP contribution in [0, 0.1) is 5.92 Å². The number of rotatable bonds is 24. The van der Waals surface area contributed by atoms with E-state index in [0.717, 1.165) is 12.8 Å². The molecule has 1 fully saturated rings. The summed E-state index contributed by atoms with van der Waals surface area (Å²) in [7, 11) is 0. The molecule has 1 saturated heterocycles. The molecule has 0 spiro atoms. The van der Waals surface area contributed by atoms with Crippen LogP contribution in [0.2, 0.25) is 0 Å². The van der Waals surface area contributed by atoms with Gasteiger partial charge in [0.25, 0.3) is 0 Å². The third-order valence-corrected chi connectivity index (χ3v) is 7.64. The minimum atomic E-state index is -1.04. The van der Waals surface area contributed by atoms with Crippen molar-refractivity contribution in [3.8, 4) is 0 Å². The zero-order valence-electron chi connectivity index (χ0n) is 23.3. The number of hydrogen-bond acceptors (Lipinski definition) is 5. The molecular formula is C30H60O5. The van der Waals surface area contributed by atoms with Crippen LogP contribution in [-0.4, -0.2) is 53.1 Å². The second kappa shape index (κ2) is 23.0. The molecule has 1 rings (SSSR count). The van der Waals surface area contributed by atoms with Gasteiger partial charge in [0.05, 0.1) is 25.4 Å². The summed E-state index contributed by atoms with van der Waals surface area (Å²) < 4.78 is 11.7. The molecule has 0 aliphatic carbocycles. The van der Waals surface area contributed by atoms with Crippen LogP contribution in [0.1, 0.15) is 149 Å².